The summed E-state index contributed by atoms with van der Waals surface area (Å²) in [6.07, 6.45) is -0.0462. The number of aromatic amines is 1. The van der Waals surface area contributed by atoms with Crippen molar-refractivity contribution < 1.29 is 37.2 Å². The van der Waals surface area contributed by atoms with Crippen molar-refractivity contribution in [2.24, 2.45) is 0 Å². The molecule has 44 heavy (non-hydrogen) atoms. The Balaban J connectivity index is 1.41. The molecule has 2 aromatic heterocycles. The van der Waals surface area contributed by atoms with Crippen molar-refractivity contribution in [3.8, 4) is 11.3 Å². The summed E-state index contributed by atoms with van der Waals surface area (Å²) in [6, 6.07) is 2.85. The minimum atomic E-state index is -4.75. The first-order valence-electron chi connectivity index (χ1n) is 14.3. The number of rotatable bonds is 11. The van der Waals surface area contributed by atoms with Gasteiger partial charge in [-0.15, -0.1) is 0 Å². The highest BCUT2D eigenvalue weighted by molar-refractivity contribution is 7.70. The molecular formula is C29H38F3N6O5P. The number of carbonyl (C=O) groups is 2. The Morgan fingerprint density at radius 2 is 1.80 bits per heavy atom. The van der Waals surface area contributed by atoms with Crippen LogP contribution in [0.25, 0.3) is 22.2 Å². The van der Waals surface area contributed by atoms with Crippen molar-refractivity contribution in [1.29, 1.82) is 0 Å². The second-order valence-electron chi connectivity index (χ2n) is 12.3. The van der Waals surface area contributed by atoms with E-state index in [-0.39, 0.29) is 51.1 Å². The molecule has 1 aliphatic carbocycles. The van der Waals surface area contributed by atoms with Crippen LogP contribution in [-0.4, -0.2) is 76.2 Å². The Hall–Kier alpha value is -3.64. The number of nitrogens with zero attached hydrogens (tertiary/aromatic N) is 2. The van der Waals surface area contributed by atoms with Crippen molar-refractivity contribution in [3.05, 3.63) is 35.7 Å². The van der Waals surface area contributed by atoms with Crippen molar-refractivity contribution in [2.45, 2.75) is 70.3 Å². The third-order valence-electron chi connectivity index (χ3n) is 7.12. The molecule has 4 rings (SSSR count). The van der Waals surface area contributed by atoms with E-state index < -0.39 is 36.5 Å². The van der Waals surface area contributed by atoms with E-state index >= 15 is 0 Å². The highest BCUT2D eigenvalue weighted by atomic mass is 31.2. The van der Waals surface area contributed by atoms with Gasteiger partial charge >= 0.3 is 18.2 Å². The normalized spacial score (nSPS) is 17.3. The predicted molar refractivity (Wildman–Crippen MR) is 162 cm³/mol. The van der Waals surface area contributed by atoms with Crippen LogP contribution in [-0.2, 0) is 15.5 Å². The number of alkyl carbamates (subject to hydrolysis) is 1. The van der Waals surface area contributed by atoms with Gasteiger partial charge in [0.05, 0.1) is 16.8 Å². The number of hydrogen-bond acceptors (Lipinski definition) is 8. The van der Waals surface area contributed by atoms with Gasteiger partial charge in [0.1, 0.15) is 18.3 Å². The minimum absolute atomic E-state index is 0.0373. The predicted octanol–water partition coefficient (Wildman–Crippen LogP) is 5.43. The molecule has 0 radical (unpaired) electrons. The van der Waals surface area contributed by atoms with Gasteiger partial charge in [0.25, 0.3) is 0 Å². The van der Waals surface area contributed by atoms with Gasteiger partial charge in [0, 0.05) is 47.3 Å². The van der Waals surface area contributed by atoms with Crippen LogP contribution in [0.15, 0.2) is 24.5 Å². The zero-order chi connectivity index (χ0) is 32.4. The Morgan fingerprint density at radius 1 is 1.11 bits per heavy atom. The third-order valence-corrected chi connectivity index (χ3v) is 8.66. The molecule has 1 amide bonds. The van der Waals surface area contributed by atoms with E-state index in [0.717, 1.165) is 38.4 Å². The van der Waals surface area contributed by atoms with Gasteiger partial charge in [0.2, 0.25) is 5.95 Å². The number of carbonyl (C=O) groups excluding carboxylic acids is 1. The molecule has 0 bridgehead atoms. The highest BCUT2D eigenvalue weighted by Crippen LogP contribution is 2.43. The van der Waals surface area contributed by atoms with E-state index in [1.54, 1.807) is 20.8 Å². The van der Waals surface area contributed by atoms with Crippen LogP contribution in [0, 0.1) is 0 Å². The second-order valence-corrected chi connectivity index (χ2v) is 15.4. The number of unbranched alkanes of at least 4 members (excludes halogenated alkanes) is 1. The minimum Gasteiger partial charge on any atom is -0.478 e. The Morgan fingerprint density at radius 3 is 2.41 bits per heavy atom. The summed E-state index contributed by atoms with van der Waals surface area (Å²) in [5, 5.41) is 19.2. The quantitative estimate of drug-likeness (QED) is 0.136. The zero-order valence-electron chi connectivity index (χ0n) is 25.3. The summed E-state index contributed by atoms with van der Waals surface area (Å²) < 4.78 is 60.3. The van der Waals surface area contributed by atoms with E-state index in [2.05, 4.69) is 30.9 Å². The van der Waals surface area contributed by atoms with E-state index in [4.69, 9.17) is 4.74 Å². The van der Waals surface area contributed by atoms with Gasteiger partial charge in [-0.3, -0.25) is 0 Å². The molecule has 0 aliphatic heterocycles. The number of amides is 1. The number of benzene rings is 1. The lowest BCUT2D eigenvalue weighted by Crippen LogP contribution is -2.48. The van der Waals surface area contributed by atoms with E-state index in [1.807, 2.05) is 0 Å². The third kappa shape index (κ3) is 8.09. The highest BCUT2D eigenvalue weighted by Gasteiger charge is 2.37. The number of nitrogens with one attached hydrogen (secondary N) is 4. The maximum atomic E-state index is 14.0. The van der Waals surface area contributed by atoms with E-state index in [0.29, 0.717) is 6.54 Å². The Bertz CT molecular complexity index is 1570. The van der Waals surface area contributed by atoms with Crippen LogP contribution < -0.4 is 21.3 Å². The van der Waals surface area contributed by atoms with Crippen LogP contribution >= 0.6 is 7.14 Å². The van der Waals surface area contributed by atoms with Crippen LogP contribution in [0.1, 0.15) is 62.4 Å². The first-order valence-corrected chi connectivity index (χ1v) is 16.9. The van der Waals surface area contributed by atoms with Crippen molar-refractivity contribution in [1.82, 2.24) is 25.6 Å². The number of alkyl halides is 3. The van der Waals surface area contributed by atoms with Gasteiger partial charge in [-0.2, -0.15) is 13.2 Å². The Labute approximate surface area is 253 Å². The molecule has 2 heterocycles. The molecule has 1 fully saturated rings. The molecule has 0 spiro atoms. The van der Waals surface area contributed by atoms with Crippen molar-refractivity contribution in [3.63, 3.8) is 0 Å². The molecule has 11 nitrogen and oxygen atoms in total. The number of carboxylic acids is 1. The summed E-state index contributed by atoms with van der Waals surface area (Å²) in [5.74, 6) is -1.24. The summed E-state index contributed by atoms with van der Waals surface area (Å²) >= 11 is 0. The van der Waals surface area contributed by atoms with Crippen LogP contribution in [0.4, 0.5) is 23.9 Å². The lowest BCUT2D eigenvalue weighted by molar-refractivity contribution is -0.137. The summed E-state index contributed by atoms with van der Waals surface area (Å²) in [4.78, 5) is 34.5. The van der Waals surface area contributed by atoms with Gasteiger partial charge in [-0.1, -0.05) is 6.07 Å². The van der Waals surface area contributed by atoms with E-state index in [9.17, 15) is 32.4 Å². The summed E-state index contributed by atoms with van der Waals surface area (Å²) in [6.45, 7) is 9.49. The molecule has 1 aromatic carbocycles. The molecule has 240 valence electrons. The second kappa shape index (κ2) is 12.8. The fourth-order valence-corrected chi connectivity index (χ4v) is 6.60. The average Bonchev–Trinajstić information content (AvgIpc) is 3.29. The van der Waals surface area contributed by atoms with Crippen molar-refractivity contribution in [2.75, 3.05) is 31.7 Å². The summed E-state index contributed by atoms with van der Waals surface area (Å²) in [5.41, 5.74) is -1.84. The number of H-pyrrole nitrogens is 1. The molecule has 0 atom stereocenters. The fraction of sp³-hybridized carbons (Fsp3) is 0.517. The number of anilines is 1. The van der Waals surface area contributed by atoms with Crippen LogP contribution in [0.2, 0.25) is 0 Å². The number of ether oxygens (including phenoxy) is 1. The van der Waals surface area contributed by atoms with Gasteiger partial charge in [-0.25, -0.2) is 19.6 Å². The number of carboxylic acid groups (broad SMARTS) is 1. The lowest BCUT2D eigenvalue weighted by atomic mass is 9.87. The standard InChI is InChI=1S/C29H38F3N6O5P/c1-28(2,3)43-27(41)34-11-7-6-10-33-16-12-17(13-16)37-26-36-15-21(29(30,31)32)22(38-26)20-14-35-23-18(20)8-9-19(25(39)40)24(23)44(4,5)42/h8-9,14-17,33,35H,6-7,10-13H2,1-5H3,(H,34,41)(H,39,40)(H,36,37,38). The molecule has 0 saturated heterocycles. The zero-order valence-corrected chi connectivity index (χ0v) is 26.2. The van der Waals surface area contributed by atoms with Crippen LogP contribution in [0.5, 0.6) is 0 Å². The van der Waals surface area contributed by atoms with Crippen molar-refractivity contribution >= 4 is 41.4 Å². The molecule has 5 N–H and O–H groups in total. The van der Waals surface area contributed by atoms with Gasteiger partial charge < -0.3 is 35.3 Å². The fourth-order valence-electron chi connectivity index (χ4n) is 5.12. The summed E-state index contributed by atoms with van der Waals surface area (Å²) in [7, 11) is -3.14. The number of fused-ring (bicyclic) bond motifs is 1. The van der Waals surface area contributed by atoms with E-state index in [1.165, 1.54) is 31.7 Å². The molecule has 1 aliphatic rings. The molecule has 15 heteroatoms. The van der Waals surface area contributed by atoms with Crippen LogP contribution in [0.3, 0.4) is 0 Å². The molecular weight excluding hydrogens is 600 g/mol. The molecule has 0 unspecified atom stereocenters. The maximum Gasteiger partial charge on any atom is 0.419 e. The Kier molecular flexibility index (Phi) is 9.65. The molecule has 3 aromatic rings. The smallest absolute Gasteiger partial charge is 0.419 e. The number of hydrogen-bond donors (Lipinski definition) is 5. The lowest BCUT2D eigenvalue weighted by Gasteiger charge is -2.36. The van der Waals surface area contributed by atoms with Gasteiger partial charge in [0.15, 0.2) is 0 Å². The number of aromatic carboxylic acids is 1. The largest absolute Gasteiger partial charge is 0.478 e. The first kappa shape index (κ1) is 33.3. The number of aromatic nitrogens is 3. The topological polar surface area (TPSA) is 158 Å². The SMILES string of the molecule is CC(C)(C)OC(=O)NCCCCNC1CC(Nc2ncc(C(F)(F)F)c(-c3c[nH]c4c(P(C)(C)=O)c(C(=O)O)ccc34)n2)C1. The monoisotopic (exact) mass is 638 g/mol. The van der Waals surface area contributed by atoms with Gasteiger partial charge in [-0.05, 0) is 72.4 Å². The number of halogens is 3. The average molecular weight is 639 g/mol. The molecule has 1 saturated carbocycles. The maximum absolute atomic E-state index is 14.0. The first-order chi connectivity index (χ1) is 20.4.